The van der Waals surface area contributed by atoms with Crippen LogP contribution in [0.2, 0.25) is 10.0 Å². The van der Waals surface area contributed by atoms with E-state index in [1.54, 1.807) is 6.07 Å². The predicted molar refractivity (Wildman–Crippen MR) is 81.2 cm³/mol. The van der Waals surface area contributed by atoms with Crippen molar-refractivity contribution < 1.29 is 4.74 Å². The van der Waals surface area contributed by atoms with Crippen LogP contribution in [-0.2, 0) is 6.54 Å². The highest BCUT2D eigenvalue weighted by Crippen LogP contribution is 2.35. The van der Waals surface area contributed by atoms with Crippen LogP contribution in [0.3, 0.4) is 0 Å². The van der Waals surface area contributed by atoms with Gasteiger partial charge in [-0.2, -0.15) is 0 Å². The van der Waals surface area contributed by atoms with Gasteiger partial charge in [-0.05, 0) is 43.4 Å². The Morgan fingerprint density at radius 2 is 2.05 bits per heavy atom. The summed E-state index contributed by atoms with van der Waals surface area (Å²) in [5.74, 6) is 2.11. The summed E-state index contributed by atoms with van der Waals surface area (Å²) in [6.45, 7) is 6.83. The Hall–Kier alpha value is -0.440. The zero-order valence-electron chi connectivity index (χ0n) is 11.5. The Labute approximate surface area is 125 Å². The molecule has 1 aromatic rings. The van der Waals surface area contributed by atoms with Crippen LogP contribution in [0.15, 0.2) is 12.1 Å². The molecule has 1 aliphatic carbocycles. The van der Waals surface area contributed by atoms with E-state index in [0.29, 0.717) is 21.9 Å². The predicted octanol–water partition coefficient (Wildman–Crippen LogP) is 4.53. The van der Waals surface area contributed by atoms with E-state index >= 15 is 0 Å². The SMILES string of the molecule is CC(C)CNCc1cc(Cl)cc(Cl)c1OCC1CC1. The van der Waals surface area contributed by atoms with E-state index in [-0.39, 0.29) is 0 Å². The molecule has 0 atom stereocenters. The molecule has 19 heavy (non-hydrogen) atoms. The highest BCUT2D eigenvalue weighted by atomic mass is 35.5. The van der Waals surface area contributed by atoms with E-state index in [0.717, 1.165) is 31.0 Å². The van der Waals surface area contributed by atoms with Gasteiger partial charge in [0.2, 0.25) is 0 Å². The summed E-state index contributed by atoms with van der Waals surface area (Å²) in [5, 5.41) is 4.67. The van der Waals surface area contributed by atoms with Crippen LogP contribution in [0.4, 0.5) is 0 Å². The smallest absolute Gasteiger partial charge is 0.142 e. The van der Waals surface area contributed by atoms with Crippen LogP contribution in [0.5, 0.6) is 5.75 Å². The average Bonchev–Trinajstić information content (AvgIpc) is 3.11. The van der Waals surface area contributed by atoms with Gasteiger partial charge in [0.05, 0.1) is 11.6 Å². The molecular weight excluding hydrogens is 281 g/mol. The lowest BCUT2D eigenvalue weighted by atomic mass is 10.1. The fourth-order valence-electron chi connectivity index (χ4n) is 1.89. The third-order valence-corrected chi connectivity index (χ3v) is 3.61. The van der Waals surface area contributed by atoms with Crippen molar-refractivity contribution in [2.75, 3.05) is 13.2 Å². The average molecular weight is 302 g/mol. The van der Waals surface area contributed by atoms with E-state index in [1.165, 1.54) is 12.8 Å². The number of hydrogen-bond donors (Lipinski definition) is 1. The second-order valence-electron chi connectivity index (χ2n) is 5.65. The first-order valence-electron chi connectivity index (χ1n) is 6.87. The summed E-state index contributed by atoms with van der Waals surface area (Å²) in [5.41, 5.74) is 1.04. The summed E-state index contributed by atoms with van der Waals surface area (Å²) in [7, 11) is 0. The minimum atomic E-state index is 0.606. The molecule has 0 aliphatic heterocycles. The van der Waals surface area contributed by atoms with Crippen molar-refractivity contribution in [3.05, 3.63) is 27.7 Å². The maximum absolute atomic E-state index is 6.24. The van der Waals surface area contributed by atoms with Crippen molar-refractivity contribution in [3.8, 4) is 5.75 Å². The standard InChI is InChI=1S/C15H21Cl2NO/c1-10(2)7-18-8-12-5-13(16)6-14(17)15(12)19-9-11-3-4-11/h5-6,10-11,18H,3-4,7-9H2,1-2H3. The normalized spacial score (nSPS) is 15.0. The van der Waals surface area contributed by atoms with Crippen molar-refractivity contribution in [1.29, 1.82) is 0 Å². The lowest BCUT2D eigenvalue weighted by Gasteiger charge is -2.15. The Kier molecular flexibility index (Phi) is 5.37. The van der Waals surface area contributed by atoms with Crippen molar-refractivity contribution >= 4 is 23.2 Å². The molecule has 2 nitrogen and oxygen atoms in total. The summed E-state index contributed by atoms with van der Waals surface area (Å²) >= 11 is 12.3. The molecule has 1 N–H and O–H groups in total. The van der Waals surface area contributed by atoms with E-state index < -0.39 is 0 Å². The van der Waals surface area contributed by atoms with Gasteiger partial charge in [0, 0.05) is 17.1 Å². The minimum Gasteiger partial charge on any atom is -0.491 e. The van der Waals surface area contributed by atoms with E-state index in [2.05, 4.69) is 19.2 Å². The van der Waals surface area contributed by atoms with Crippen LogP contribution in [0, 0.1) is 11.8 Å². The minimum absolute atomic E-state index is 0.606. The molecule has 2 rings (SSSR count). The van der Waals surface area contributed by atoms with Gasteiger partial charge in [0.25, 0.3) is 0 Å². The lowest BCUT2D eigenvalue weighted by molar-refractivity contribution is 0.296. The van der Waals surface area contributed by atoms with Gasteiger partial charge in [-0.1, -0.05) is 37.0 Å². The van der Waals surface area contributed by atoms with Gasteiger partial charge >= 0.3 is 0 Å². The molecule has 1 saturated carbocycles. The largest absolute Gasteiger partial charge is 0.491 e. The van der Waals surface area contributed by atoms with Crippen molar-refractivity contribution in [1.82, 2.24) is 5.32 Å². The molecule has 0 heterocycles. The summed E-state index contributed by atoms with van der Waals surface area (Å²) in [6.07, 6.45) is 2.54. The highest BCUT2D eigenvalue weighted by Gasteiger charge is 2.23. The molecule has 0 aromatic heterocycles. The molecule has 0 bridgehead atoms. The van der Waals surface area contributed by atoms with Gasteiger partial charge in [-0.3, -0.25) is 0 Å². The molecule has 4 heteroatoms. The molecular formula is C15H21Cl2NO. The molecule has 0 saturated heterocycles. The van der Waals surface area contributed by atoms with E-state index in [4.69, 9.17) is 27.9 Å². The highest BCUT2D eigenvalue weighted by molar-refractivity contribution is 6.35. The number of hydrogen-bond acceptors (Lipinski definition) is 2. The monoisotopic (exact) mass is 301 g/mol. The summed E-state index contributed by atoms with van der Waals surface area (Å²) in [4.78, 5) is 0. The third-order valence-electron chi connectivity index (χ3n) is 3.11. The molecule has 1 fully saturated rings. The molecule has 0 amide bonds. The Balaban J connectivity index is 2.03. The van der Waals surface area contributed by atoms with Crippen LogP contribution in [0.1, 0.15) is 32.3 Å². The molecule has 0 unspecified atom stereocenters. The molecule has 1 aliphatic rings. The quantitative estimate of drug-likeness (QED) is 0.799. The van der Waals surface area contributed by atoms with Crippen LogP contribution in [-0.4, -0.2) is 13.2 Å². The van der Waals surface area contributed by atoms with Gasteiger partial charge in [0.1, 0.15) is 5.75 Å². The fraction of sp³-hybridized carbons (Fsp3) is 0.600. The van der Waals surface area contributed by atoms with Gasteiger partial charge in [0.15, 0.2) is 0 Å². The third kappa shape index (κ3) is 4.87. The molecule has 106 valence electrons. The number of benzene rings is 1. The van der Waals surface area contributed by atoms with Crippen molar-refractivity contribution in [2.24, 2.45) is 11.8 Å². The van der Waals surface area contributed by atoms with Crippen molar-refractivity contribution in [3.63, 3.8) is 0 Å². The second-order valence-corrected chi connectivity index (χ2v) is 6.50. The van der Waals surface area contributed by atoms with E-state index in [9.17, 15) is 0 Å². The van der Waals surface area contributed by atoms with Gasteiger partial charge < -0.3 is 10.1 Å². The van der Waals surface area contributed by atoms with Crippen molar-refractivity contribution in [2.45, 2.75) is 33.2 Å². The van der Waals surface area contributed by atoms with Crippen LogP contribution in [0.25, 0.3) is 0 Å². The summed E-state index contributed by atoms with van der Waals surface area (Å²) in [6, 6.07) is 3.68. The first-order valence-corrected chi connectivity index (χ1v) is 7.63. The Morgan fingerprint density at radius 1 is 1.32 bits per heavy atom. The fourth-order valence-corrected chi connectivity index (χ4v) is 2.48. The number of ether oxygens (including phenoxy) is 1. The topological polar surface area (TPSA) is 21.3 Å². The van der Waals surface area contributed by atoms with E-state index in [1.807, 2.05) is 6.07 Å². The molecule has 1 aromatic carbocycles. The van der Waals surface area contributed by atoms with Gasteiger partial charge in [-0.25, -0.2) is 0 Å². The Bertz CT molecular complexity index is 430. The number of nitrogens with one attached hydrogen (secondary N) is 1. The molecule has 0 spiro atoms. The maximum atomic E-state index is 6.24. The second kappa shape index (κ2) is 6.83. The summed E-state index contributed by atoms with van der Waals surface area (Å²) < 4.78 is 5.87. The maximum Gasteiger partial charge on any atom is 0.142 e. The van der Waals surface area contributed by atoms with Crippen LogP contribution < -0.4 is 10.1 Å². The first kappa shape index (κ1) is 15.0. The first-order chi connectivity index (χ1) is 9.06. The Morgan fingerprint density at radius 3 is 2.68 bits per heavy atom. The zero-order chi connectivity index (χ0) is 13.8. The number of halogens is 2. The lowest BCUT2D eigenvalue weighted by Crippen LogP contribution is -2.19. The number of rotatable bonds is 7. The molecule has 0 radical (unpaired) electrons. The van der Waals surface area contributed by atoms with Gasteiger partial charge in [-0.15, -0.1) is 0 Å². The van der Waals surface area contributed by atoms with Crippen LogP contribution >= 0.6 is 23.2 Å². The zero-order valence-corrected chi connectivity index (χ0v) is 13.0.